The summed E-state index contributed by atoms with van der Waals surface area (Å²) in [5, 5.41) is 24.3. The molecule has 0 bridgehead atoms. The highest BCUT2D eigenvalue weighted by molar-refractivity contribution is 7.57. The number of amides is 1. The summed E-state index contributed by atoms with van der Waals surface area (Å²) in [7, 11) is -1.30. The van der Waals surface area contributed by atoms with Crippen molar-refractivity contribution in [3.8, 4) is 17.6 Å². The van der Waals surface area contributed by atoms with Crippen LogP contribution < -0.4 is 20.5 Å². The summed E-state index contributed by atoms with van der Waals surface area (Å²) in [5.74, 6) is 0.727. The molecule has 1 fully saturated rings. The SMILES string of the molecule is COc1ccc(C(OC[C@H]2O[C@](n3ccc(NC(=O)c4ccccc4)nc3=O)(P(=O)(OCCC#N)N(C(C)C)C(C)C)C[C@@H]2O)(c2ccccc2)c2ccc(OC)cc2)cc1. The summed E-state index contributed by atoms with van der Waals surface area (Å²) < 4.78 is 50.1. The van der Waals surface area contributed by atoms with Gasteiger partial charge in [0.2, 0.25) is 5.47 Å². The summed E-state index contributed by atoms with van der Waals surface area (Å²) in [5.41, 5.74) is -1.85. The maximum Gasteiger partial charge on any atom is 0.352 e. The summed E-state index contributed by atoms with van der Waals surface area (Å²) in [6, 6.07) is 35.5. The van der Waals surface area contributed by atoms with E-state index in [1.807, 2.05) is 113 Å². The minimum absolute atomic E-state index is 0.0554. The number of ether oxygens (including phenoxy) is 4. The first-order chi connectivity index (χ1) is 29.3. The van der Waals surface area contributed by atoms with Crippen molar-refractivity contribution in [2.45, 2.75) is 75.9 Å². The van der Waals surface area contributed by atoms with Gasteiger partial charge in [-0.25, -0.2) is 9.46 Å². The second-order valence-electron chi connectivity index (χ2n) is 15.1. The number of rotatable bonds is 18. The number of nitriles is 1. The number of hydrogen-bond donors (Lipinski definition) is 2. The Balaban J connectivity index is 1.49. The first kappa shape index (κ1) is 44.9. The van der Waals surface area contributed by atoms with Crippen LogP contribution in [-0.4, -0.2) is 77.0 Å². The van der Waals surface area contributed by atoms with E-state index in [-0.39, 0.29) is 31.9 Å². The zero-order valence-electron chi connectivity index (χ0n) is 35.1. The van der Waals surface area contributed by atoms with Gasteiger partial charge in [0.05, 0.1) is 46.0 Å². The van der Waals surface area contributed by atoms with Crippen molar-refractivity contribution >= 4 is 19.2 Å². The molecule has 1 saturated heterocycles. The molecule has 4 aromatic carbocycles. The molecular formula is C46H52N5O9P. The molecule has 1 aromatic heterocycles. The summed E-state index contributed by atoms with van der Waals surface area (Å²) in [4.78, 5) is 31.5. The molecule has 0 saturated carbocycles. The van der Waals surface area contributed by atoms with Crippen molar-refractivity contribution in [1.29, 1.82) is 5.26 Å². The van der Waals surface area contributed by atoms with Crippen molar-refractivity contribution in [3.63, 3.8) is 0 Å². The van der Waals surface area contributed by atoms with Crippen LogP contribution in [0, 0.1) is 11.3 Å². The molecule has 1 aliphatic rings. The van der Waals surface area contributed by atoms with E-state index in [0.29, 0.717) is 17.1 Å². The highest BCUT2D eigenvalue weighted by Crippen LogP contribution is 2.70. The van der Waals surface area contributed by atoms with E-state index < -0.39 is 54.5 Å². The first-order valence-corrected chi connectivity index (χ1v) is 21.6. The molecule has 2 heterocycles. The van der Waals surface area contributed by atoms with E-state index in [0.717, 1.165) is 21.3 Å². The van der Waals surface area contributed by atoms with Crippen LogP contribution in [0.5, 0.6) is 11.5 Å². The number of anilines is 1. The Kier molecular flexibility index (Phi) is 14.3. The normalized spacial score (nSPS) is 18.8. The minimum Gasteiger partial charge on any atom is -0.497 e. The monoisotopic (exact) mass is 849 g/mol. The van der Waals surface area contributed by atoms with Gasteiger partial charge in [-0.3, -0.25) is 13.9 Å². The molecular weight excluding hydrogens is 798 g/mol. The molecule has 0 spiro atoms. The third kappa shape index (κ3) is 9.04. The van der Waals surface area contributed by atoms with Crippen LogP contribution in [0.4, 0.5) is 5.82 Å². The van der Waals surface area contributed by atoms with Crippen LogP contribution in [0.3, 0.4) is 0 Å². The van der Waals surface area contributed by atoms with Gasteiger partial charge in [-0.2, -0.15) is 10.2 Å². The zero-order valence-corrected chi connectivity index (χ0v) is 36.0. The fourth-order valence-electron chi connectivity index (χ4n) is 7.96. The van der Waals surface area contributed by atoms with E-state index in [9.17, 15) is 20.0 Å². The third-order valence-electron chi connectivity index (χ3n) is 10.6. The zero-order chi connectivity index (χ0) is 43.8. The Morgan fingerprint density at radius 1 is 0.918 bits per heavy atom. The van der Waals surface area contributed by atoms with Gasteiger partial charge in [-0.1, -0.05) is 72.8 Å². The Hall–Kier alpha value is -5.65. The molecule has 6 rings (SSSR count). The number of nitrogens with one attached hydrogen (secondary N) is 1. The topological polar surface area (TPSA) is 174 Å². The highest BCUT2D eigenvalue weighted by atomic mass is 31.2. The molecule has 320 valence electrons. The lowest BCUT2D eigenvalue weighted by atomic mass is 9.80. The van der Waals surface area contributed by atoms with Gasteiger partial charge in [0.25, 0.3) is 5.91 Å². The molecule has 61 heavy (non-hydrogen) atoms. The van der Waals surface area contributed by atoms with Crippen LogP contribution >= 0.6 is 7.52 Å². The lowest BCUT2D eigenvalue weighted by molar-refractivity contribution is -0.115. The second-order valence-corrected chi connectivity index (χ2v) is 17.6. The minimum atomic E-state index is -4.47. The first-order valence-electron chi connectivity index (χ1n) is 20.0. The van der Waals surface area contributed by atoms with E-state index >= 15 is 4.57 Å². The second kappa shape index (κ2) is 19.4. The van der Waals surface area contributed by atoms with Gasteiger partial charge in [0, 0.05) is 30.3 Å². The van der Waals surface area contributed by atoms with Crippen LogP contribution in [0.2, 0.25) is 0 Å². The number of aromatic nitrogens is 2. The van der Waals surface area contributed by atoms with E-state index in [1.54, 1.807) is 49.2 Å². The Labute approximate surface area is 356 Å². The Morgan fingerprint density at radius 3 is 1.97 bits per heavy atom. The molecule has 14 nitrogen and oxygen atoms in total. The van der Waals surface area contributed by atoms with Gasteiger partial charge < -0.3 is 33.9 Å². The number of hydrogen-bond acceptors (Lipinski definition) is 11. The molecule has 0 aliphatic carbocycles. The van der Waals surface area contributed by atoms with Crippen molar-refractivity contribution < 1.29 is 37.9 Å². The number of aliphatic hydroxyl groups excluding tert-OH is 1. The summed E-state index contributed by atoms with van der Waals surface area (Å²) in [6.45, 7) is 6.81. The number of methoxy groups -OCH3 is 2. The largest absolute Gasteiger partial charge is 0.497 e. The Morgan fingerprint density at radius 2 is 1.46 bits per heavy atom. The van der Waals surface area contributed by atoms with E-state index in [2.05, 4.69) is 10.3 Å². The van der Waals surface area contributed by atoms with Gasteiger partial charge in [-0.15, -0.1) is 0 Å². The Bertz CT molecular complexity index is 2330. The number of carbonyl (C=O) groups is 1. The molecule has 1 unspecified atom stereocenters. The van der Waals surface area contributed by atoms with Gasteiger partial charge >= 0.3 is 13.2 Å². The molecule has 2 N–H and O–H groups in total. The highest BCUT2D eigenvalue weighted by Gasteiger charge is 2.64. The maximum atomic E-state index is 16.1. The maximum absolute atomic E-state index is 16.1. The molecule has 0 radical (unpaired) electrons. The predicted octanol–water partition coefficient (Wildman–Crippen LogP) is 7.52. The molecule has 1 aliphatic heterocycles. The van der Waals surface area contributed by atoms with Crippen LogP contribution in [-0.2, 0) is 29.6 Å². The number of carbonyl (C=O) groups excluding carboxylic acids is 1. The van der Waals surface area contributed by atoms with Crippen LogP contribution in [0.15, 0.2) is 126 Å². The molecule has 1 amide bonds. The number of nitrogens with zero attached hydrogens (tertiary/aromatic N) is 4. The lowest BCUT2D eigenvalue weighted by Gasteiger charge is -2.46. The van der Waals surface area contributed by atoms with E-state index in [1.165, 1.54) is 12.3 Å². The predicted molar refractivity (Wildman–Crippen MR) is 231 cm³/mol. The molecule has 4 atom stereocenters. The van der Waals surface area contributed by atoms with E-state index in [4.69, 9.17) is 23.5 Å². The van der Waals surface area contributed by atoms with Gasteiger partial charge in [-0.05, 0) is 86.8 Å². The van der Waals surface area contributed by atoms with Crippen molar-refractivity contribution in [1.82, 2.24) is 14.2 Å². The van der Waals surface area contributed by atoms with Crippen molar-refractivity contribution in [2.24, 2.45) is 0 Å². The van der Waals surface area contributed by atoms with Gasteiger partial charge in [0.15, 0.2) is 0 Å². The number of aliphatic hydroxyl groups is 1. The van der Waals surface area contributed by atoms with Crippen LogP contribution in [0.25, 0.3) is 0 Å². The fourth-order valence-corrected chi connectivity index (χ4v) is 11.3. The quantitative estimate of drug-likeness (QED) is 0.0505. The van der Waals surface area contributed by atoms with Gasteiger partial charge in [0.1, 0.15) is 29.0 Å². The average molecular weight is 850 g/mol. The average Bonchev–Trinajstić information content (AvgIpc) is 3.61. The third-order valence-corrected chi connectivity index (χ3v) is 14.1. The van der Waals surface area contributed by atoms with Crippen molar-refractivity contribution in [3.05, 3.63) is 154 Å². The fraction of sp³-hybridized carbons (Fsp3) is 0.348. The summed E-state index contributed by atoms with van der Waals surface area (Å²) >= 11 is 0. The molecule has 15 heteroatoms. The molecule has 5 aromatic rings. The lowest BCUT2D eigenvalue weighted by Crippen LogP contribution is -2.49. The smallest absolute Gasteiger partial charge is 0.352 e. The van der Waals surface area contributed by atoms with Crippen LogP contribution in [0.1, 0.15) is 67.6 Å². The standard InChI is InChI=1S/C46H52N5O9P/c1-32(2)51(33(3)4)61(55,59-29-13-27-47)45(50-28-26-42(49-44(50)54)48-43(53)34-14-9-7-10-15-34)30-40(52)41(60-45)31-58-46(35-16-11-8-12-17-35,36-18-22-38(56-5)23-19-36)37-20-24-39(57-6)25-21-37/h7-12,14-26,28,32-33,40-41,52H,13,29-31H2,1-6H3,(H,48,49,53,54)/t40-,41+,45-,61?/m0/s1. The number of benzene rings is 4. The van der Waals surface area contributed by atoms with Crippen molar-refractivity contribution in [2.75, 3.05) is 32.8 Å². The summed E-state index contributed by atoms with van der Waals surface area (Å²) in [6.07, 6.45) is -1.73.